The van der Waals surface area contributed by atoms with Gasteiger partial charge in [0.2, 0.25) is 6.29 Å². The molecule has 0 aliphatic rings. The first kappa shape index (κ1) is 11.3. The van der Waals surface area contributed by atoms with Crippen molar-refractivity contribution < 1.29 is 20.4 Å². The molecule has 0 aromatic heterocycles. The van der Waals surface area contributed by atoms with Gasteiger partial charge in [-0.1, -0.05) is 6.92 Å². The monoisotopic (exact) mass is 178 g/mol. The lowest BCUT2D eigenvalue weighted by molar-refractivity contribution is 0.0152. The average molecular weight is 178 g/mol. The Labute approximate surface area is 70.0 Å². The summed E-state index contributed by atoms with van der Waals surface area (Å²) in [4.78, 5) is 3.34. The lowest BCUT2D eigenvalue weighted by atomic mass is 10.2. The third kappa shape index (κ3) is 3.63. The molecule has 2 unspecified atom stereocenters. The second-order valence-electron chi connectivity index (χ2n) is 2.50. The van der Waals surface area contributed by atoms with Crippen molar-refractivity contribution in [1.29, 1.82) is 0 Å². The van der Waals surface area contributed by atoms with Gasteiger partial charge in [-0.3, -0.25) is 0 Å². The Morgan fingerprint density at radius 3 is 2.25 bits per heavy atom. The van der Waals surface area contributed by atoms with Gasteiger partial charge in [0.25, 0.3) is 0 Å². The van der Waals surface area contributed by atoms with Gasteiger partial charge in [-0.25, -0.2) is 4.99 Å². The van der Waals surface area contributed by atoms with Crippen molar-refractivity contribution in [1.82, 2.24) is 0 Å². The van der Waals surface area contributed by atoms with Gasteiger partial charge in [-0.2, -0.15) is 0 Å². The third-order valence-corrected chi connectivity index (χ3v) is 1.34. The Balaban J connectivity index is 4.13. The highest BCUT2D eigenvalue weighted by Gasteiger charge is 2.13. The van der Waals surface area contributed by atoms with Crippen LogP contribution in [0.4, 0.5) is 0 Å². The fraction of sp³-hybridized carbons (Fsp3) is 0.833. The summed E-state index contributed by atoms with van der Waals surface area (Å²) in [7, 11) is 0. The summed E-state index contributed by atoms with van der Waals surface area (Å²) >= 11 is 0. The average Bonchev–Trinajstić information content (AvgIpc) is 2.02. The minimum atomic E-state index is -1.87. The molecule has 0 heterocycles. The summed E-state index contributed by atoms with van der Waals surface area (Å²) in [6.07, 6.45) is -3.08. The molecule has 12 heavy (non-hydrogen) atoms. The number of nitrogens with two attached hydrogens (primary N) is 1. The highest BCUT2D eigenvalue weighted by Crippen LogP contribution is 2.02. The first-order valence-electron chi connectivity index (χ1n) is 3.47. The van der Waals surface area contributed by atoms with Gasteiger partial charge in [-0.05, 0) is 0 Å². The zero-order valence-corrected chi connectivity index (χ0v) is 6.75. The van der Waals surface area contributed by atoms with Gasteiger partial charge < -0.3 is 26.2 Å². The highest BCUT2D eigenvalue weighted by molar-refractivity contribution is 5.83. The van der Waals surface area contributed by atoms with E-state index >= 15 is 0 Å². The molecule has 0 bridgehead atoms. The quantitative estimate of drug-likeness (QED) is 0.187. The van der Waals surface area contributed by atoms with Crippen LogP contribution < -0.4 is 5.73 Å². The molecule has 0 aliphatic heterocycles. The van der Waals surface area contributed by atoms with Gasteiger partial charge in [0, 0.05) is 12.5 Å². The standard InChI is InChI=1S/C6H14N2O4/c1-3(2-9)5(10)8-4(7)6(11)12/h3,5-6,9-12H,2H2,1H3,(H2,7,8). The number of hydrogen-bond acceptors (Lipinski definition) is 5. The third-order valence-electron chi connectivity index (χ3n) is 1.34. The fourth-order valence-corrected chi connectivity index (χ4v) is 0.441. The normalized spacial score (nSPS) is 18.0. The van der Waals surface area contributed by atoms with Crippen molar-refractivity contribution in [3.05, 3.63) is 0 Å². The summed E-state index contributed by atoms with van der Waals surface area (Å²) in [5.41, 5.74) is 5.02. The van der Waals surface area contributed by atoms with Crippen LogP contribution in [0.5, 0.6) is 0 Å². The second-order valence-corrected chi connectivity index (χ2v) is 2.50. The van der Waals surface area contributed by atoms with E-state index in [2.05, 4.69) is 4.99 Å². The molecule has 0 aromatic carbocycles. The summed E-state index contributed by atoms with van der Waals surface area (Å²) in [6.45, 7) is 1.30. The first-order chi connectivity index (χ1) is 5.49. The zero-order chi connectivity index (χ0) is 9.72. The van der Waals surface area contributed by atoms with Crippen molar-refractivity contribution in [3.8, 4) is 0 Å². The van der Waals surface area contributed by atoms with Gasteiger partial charge in [0.15, 0.2) is 12.1 Å². The molecule has 0 saturated heterocycles. The Morgan fingerprint density at radius 2 is 1.92 bits per heavy atom. The van der Waals surface area contributed by atoms with Crippen LogP contribution in [0.1, 0.15) is 6.92 Å². The van der Waals surface area contributed by atoms with Crippen LogP contribution in [-0.2, 0) is 0 Å². The maximum atomic E-state index is 9.09. The van der Waals surface area contributed by atoms with E-state index in [0.717, 1.165) is 0 Å². The molecule has 2 atom stereocenters. The molecule has 6 N–H and O–H groups in total. The predicted molar refractivity (Wildman–Crippen MR) is 42.1 cm³/mol. The molecule has 6 heteroatoms. The van der Waals surface area contributed by atoms with Crippen LogP contribution in [0.3, 0.4) is 0 Å². The topological polar surface area (TPSA) is 119 Å². The van der Waals surface area contributed by atoms with E-state index in [0.29, 0.717) is 0 Å². The number of amidine groups is 1. The van der Waals surface area contributed by atoms with Gasteiger partial charge >= 0.3 is 0 Å². The highest BCUT2D eigenvalue weighted by atomic mass is 16.5. The van der Waals surface area contributed by atoms with Crippen molar-refractivity contribution in [3.63, 3.8) is 0 Å². The largest absolute Gasteiger partial charge is 0.396 e. The summed E-state index contributed by atoms with van der Waals surface area (Å²) in [5.74, 6) is -0.954. The van der Waals surface area contributed by atoms with Crippen LogP contribution >= 0.6 is 0 Å². The predicted octanol–water partition coefficient (Wildman–Crippen LogP) is -2.40. The molecule has 0 amide bonds. The summed E-state index contributed by atoms with van der Waals surface area (Å²) in [5, 5.41) is 34.5. The molecule has 0 saturated carbocycles. The number of aliphatic hydroxyl groups is 4. The molecule has 0 radical (unpaired) electrons. The molecular formula is C6H14N2O4. The number of nitrogens with zero attached hydrogens (tertiary/aromatic N) is 1. The summed E-state index contributed by atoms with van der Waals surface area (Å²) in [6, 6.07) is 0. The van der Waals surface area contributed by atoms with E-state index in [4.69, 9.17) is 26.2 Å². The second kappa shape index (κ2) is 5.04. The fourth-order valence-electron chi connectivity index (χ4n) is 0.441. The molecule has 0 aromatic rings. The van der Waals surface area contributed by atoms with Crippen molar-refractivity contribution in [2.24, 2.45) is 16.6 Å². The molecular weight excluding hydrogens is 164 g/mol. The molecule has 6 nitrogen and oxygen atoms in total. The lowest BCUT2D eigenvalue weighted by Gasteiger charge is -2.13. The van der Waals surface area contributed by atoms with E-state index in [-0.39, 0.29) is 6.61 Å². The number of aliphatic hydroxyl groups excluding tert-OH is 3. The number of rotatable bonds is 4. The van der Waals surface area contributed by atoms with Crippen LogP contribution in [0.15, 0.2) is 4.99 Å². The van der Waals surface area contributed by atoms with E-state index in [1.165, 1.54) is 0 Å². The first-order valence-corrected chi connectivity index (χ1v) is 3.47. The Kier molecular flexibility index (Phi) is 4.75. The minimum absolute atomic E-state index is 0.251. The number of aliphatic imine (C=N–C) groups is 1. The maximum absolute atomic E-state index is 9.09. The molecule has 0 aliphatic carbocycles. The van der Waals surface area contributed by atoms with Crippen LogP contribution in [0.2, 0.25) is 0 Å². The van der Waals surface area contributed by atoms with E-state index in [1.54, 1.807) is 6.92 Å². The maximum Gasteiger partial charge on any atom is 0.211 e. The van der Waals surface area contributed by atoms with Crippen molar-refractivity contribution in [2.75, 3.05) is 6.61 Å². The minimum Gasteiger partial charge on any atom is -0.396 e. The van der Waals surface area contributed by atoms with E-state index < -0.39 is 24.3 Å². The van der Waals surface area contributed by atoms with Gasteiger partial charge in [0.05, 0.1) is 0 Å². The molecule has 72 valence electrons. The van der Waals surface area contributed by atoms with Gasteiger partial charge in [0.1, 0.15) is 0 Å². The lowest BCUT2D eigenvalue weighted by Crippen LogP contribution is -2.32. The molecule has 0 spiro atoms. The molecule has 0 fully saturated rings. The van der Waals surface area contributed by atoms with Gasteiger partial charge in [-0.15, -0.1) is 0 Å². The zero-order valence-electron chi connectivity index (χ0n) is 6.75. The SMILES string of the molecule is CC(CO)C(O)N=C(N)C(O)O. The van der Waals surface area contributed by atoms with Crippen molar-refractivity contribution in [2.45, 2.75) is 19.4 Å². The number of hydrogen-bond donors (Lipinski definition) is 5. The Morgan fingerprint density at radius 1 is 1.42 bits per heavy atom. The van der Waals surface area contributed by atoms with Crippen LogP contribution in [0.25, 0.3) is 0 Å². The molecule has 0 rings (SSSR count). The summed E-state index contributed by atoms with van der Waals surface area (Å²) < 4.78 is 0. The Bertz CT molecular complexity index is 160. The van der Waals surface area contributed by atoms with E-state index in [9.17, 15) is 0 Å². The van der Waals surface area contributed by atoms with Crippen LogP contribution in [-0.4, -0.2) is 45.4 Å². The van der Waals surface area contributed by atoms with Crippen molar-refractivity contribution >= 4 is 5.84 Å². The van der Waals surface area contributed by atoms with Crippen LogP contribution in [0, 0.1) is 5.92 Å². The smallest absolute Gasteiger partial charge is 0.211 e. The Hall–Kier alpha value is -0.690. The van der Waals surface area contributed by atoms with E-state index in [1.807, 2.05) is 0 Å².